The van der Waals surface area contributed by atoms with Crippen molar-refractivity contribution >= 4 is 11.3 Å². The average molecular weight is 274 g/mol. The first-order valence-corrected chi connectivity index (χ1v) is 6.94. The lowest BCUT2D eigenvalue weighted by Gasteiger charge is -2.01. The van der Waals surface area contributed by atoms with E-state index in [1.165, 1.54) is 0 Å². The fourth-order valence-corrected chi connectivity index (χ4v) is 2.12. The second-order valence-electron chi connectivity index (χ2n) is 3.76. The Kier molecular flexibility index (Phi) is 8.97. The summed E-state index contributed by atoms with van der Waals surface area (Å²) < 4.78 is 15.3. The summed E-state index contributed by atoms with van der Waals surface area (Å²) in [5.41, 5.74) is 1.09. The summed E-state index contributed by atoms with van der Waals surface area (Å²) in [4.78, 5) is 4.53. The Bertz CT molecular complexity index is 307. The highest BCUT2D eigenvalue weighted by molar-refractivity contribution is 7.09. The molecule has 0 aromatic carbocycles. The fourth-order valence-electron chi connectivity index (χ4n) is 1.34. The molecule has 104 valence electrons. The number of nitrogens with one attached hydrogen (secondary N) is 1. The maximum absolute atomic E-state index is 5.41. The van der Waals surface area contributed by atoms with Gasteiger partial charge in [-0.05, 0) is 0 Å². The maximum atomic E-state index is 5.41. The fraction of sp³-hybridized carbons (Fsp3) is 0.750. The molecule has 18 heavy (non-hydrogen) atoms. The van der Waals surface area contributed by atoms with Crippen molar-refractivity contribution in [3.63, 3.8) is 0 Å². The molecular weight excluding hydrogens is 252 g/mol. The molecule has 0 aliphatic rings. The van der Waals surface area contributed by atoms with Crippen LogP contribution in [0.1, 0.15) is 10.7 Å². The third kappa shape index (κ3) is 7.03. The van der Waals surface area contributed by atoms with Gasteiger partial charge in [0.25, 0.3) is 0 Å². The SMILES string of the molecule is COCCNCc1csc(CCOCCOC)n1. The van der Waals surface area contributed by atoms with E-state index in [0.717, 1.165) is 36.8 Å². The quantitative estimate of drug-likeness (QED) is 0.612. The number of methoxy groups -OCH3 is 2. The number of ether oxygens (including phenoxy) is 3. The Morgan fingerprint density at radius 3 is 2.78 bits per heavy atom. The highest BCUT2D eigenvalue weighted by Gasteiger charge is 2.01. The zero-order valence-corrected chi connectivity index (χ0v) is 11.9. The van der Waals surface area contributed by atoms with Gasteiger partial charge in [-0.2, -0.15) is 0 Å². The van der Waals surface area contributed by atoms with E-state index in [1.54, 1.807) is 25.6 Å². The van der Waals surface area contributed by atoms with Crippen molar-refractivity contribution in [3.05, 3.63) is 16.1 Å². The number of hydrogen-bond acceptors (Lipinski definition) is 6. The van der Waals surface area contributed by atoms with Crippen LogP contribution in [-0.4, -0.2) is 52.2 Å². The number of hydrogen-bond donors (Lipinski definition) is 1. The van der Waals surface area contributed by atoms with Crippen LogP contribution in [0.5, 0.6) is 0 Å². The maximum Gasteiger partial charge on any atom is 0.0951 e. The zero-order chi connectivity index (χ0) is 13.1. The predicted molar refractivity (Wildman–Crippen MR) is 72.1 cm³/mol. The summed E-state index contributed by atoms with van der Waals surface area (Å²) in [6.45, 7) is 4.37. The molecule has 0 aliphatic heterocycles. The molecule has 0 fully saturated rings. The monoisotopic (exact) mass is 274 g/mol. The summed E-state index contributed by atoms with van der Waals surface area (Å²) in [6, 6.07) is 0. The molecule has 1 aromatic heterocycles. The molecular formula is C12H22N2O3S. The van der Waals surface area contributed by atoms with Crippen molar-refractivity contribution in [3.8, 4) is 0 Å². The van der Waals surface area contributed by atoms with Crippen molar-refractivity contribution in [2.45, 2.75) is 13.0 Å². The first kappa shape index (κ1) is 15.5. The minimum Gasteiger partial charge on any atom is -0.383 e. The lowest BCUT2D eigenvalue weighted by atomic mass is 10.4. The van der Waals surface area contributed by atoms with E-state index in [4.69, 9.17) is 14.2 Å². The number of nitrogens with zero attached hydrogens (tertiary/aromatic N) is 1. The molecule has 5 nitrogen and oxygen atoms in total. The molecule has 0 amide bonds. The Morgan fingerprint density at radius 1 is 1.17 bits per heavy atom. The van der Waals surface area contributed by atoms with Gasteiger partial charge in [-0.3, -0.25) is 0 Å². The molecule has 1 N–H and O–H groups in total. The molecule has 0 spiro atoms. The molecule has 0 saturated carbocycles. The van der Waals surface area contributed by atoms with Gasteiger partial charge in [0.15, 0.2) is 0 Å². The summed E-state index contributed by atoms with van der Waals surface area (Å²) in [5.74, 6) is 0. The minimum absolute atomic E-state index is 0.645. The smallest absolute Gasteiger partial charge is 0.0951 e. The molecule has 0 bridgehead atoms. The van der Waals surface area contributed by atoms with Crippen LogP contribution in [0, 0.1) is 0 Å². The van der Waals surface area contributed by atoms with Crippen LogP contribution >= 0.6 is 11.3 Å². The largest absolute Gasteiger partial charge is 0.383 e. The standard InChI is InChI=1S/C12H22N2O3S/c1-15-6-4-13-9-11-10-18-12(14-11)3-5-17-8-7-16-2/h10,13H,3-9H2,1-2H3. The van der Waals surface area contributed by atoms with E-state index < -0.39 is 0 Å². The van der Waals surface area contributed by atoms with Gasteiger partial charge in [0.05, 0.1) is 37.1 Å². The van der Waals surface area contributed by atoms with Crippen molar-refractivity contribution in [2.24, 2.45) is 0 Å². The van der Waals surface area contributed by atoms with Gasteiger partial charge in [0.1, 0.15) is 0 Å². The normalized spacial score (nSPS) is 11.0. The second-order valence-corrected chi connectivity index (χ2v) is 4.70. The van der Waals surface area contributed by atoms with Crippen LogP contribution < -0.4 is 5.32 Å². The van der Waals surface area contributed by atoms with Gasteiger partial charge >= 0.3 is 0 Å². The van der Waals surface area contributed by atoms with Gasteiger partial charge in [0.2, 0.25) is 0 Å². The summed E-state index contributed by atoms with van der Waals surface area (Å²) in [5, 5.41) is 6.48. The predicted octanol–water partition coefficient (Wildman–Crippen LogP) is 1.08. The van der Waals surface area contributed by atoms with E-state index in [0.29, 0.717) is 19.8 Å². The molecule has 0 atom stereocenters. The Labute approximate surface area is 112 Å². The first-order chi connectivity index (χ1) is 8.86. The van der Waals surface area contributed by atoms with E-state index in [2.05, 4.69) is 15.7 Å². The molecule has 0 saturated heterocycles. The number of thiazole rings is 1. The van der Waals surface area contributed by atoms with Gasteiger partial charge in [-0.1, -0.05) is 0 Å². The first-order valence-electron chi connectivity index (χ1n) is 6.06. The lowest BCUT2D eigenvalue weighted by molar-refractivity contribution is 0.0722. The van der Waals surface area contributed by atoms with Crippen molar-refractivity contribution < 1.29 is 14.2 Å². The Morgan fingerprint density at radius 2 is 2.00 bits per heavy atom. The van der Waals surface area contributed by atoms with Crippen LogP contribution in [0.2, 0.25) is 0 Å². The van der Waals surface area contributed by atoms with Gasteiger partial charge in [0, 0.05) is 39.1 Å². The van der Waals surface area contributed by atoms with Crippen LogP contribution in [0.25, 0.3) is 0 Å². The lowest BCUT2D eigenvalue weighted by Crippen LogP contribution is -2.18. The second kappa shape index (κ2) is 10.4. The van der Waals surface area contributed by atoms with Gasteiger partial charge < -0.3 is 19.5 Å². The van der Waals surface area contributed by atoms with Crippen LogP contribution in [0.3, 0.4) is 0 Å². The Hall–Kier alpha value is -0.530. The van der Waals surface area contributed by atoms with E-state index >= 15 is 0 Å². The molecule has 0 unspecified atom stereocenters. The molecule has 1 rings (SSSR count). The molecule has 1 aromatic rings. The van der Waals surface area contributed by atoms with E-state index in [-0.39, 0.29) is 0 Å². The molecule has 0 aliphatic carbocycles. The highest BCUT2D eigenvalue weighted by Crippen LogP contribution is 2.10. The van der Waals surface area contributed by atoms with Gasteiger partial charge in [-0.15, -0.1) is 11.3 Å². The third-order valence-corrected chi connectivity index (χ3v) is 3.24. The molecule has 1 heterocycles. The van der Waals surface area contributed by atoms with Crippen molar-refractivity contribution in [1.82, 2.24) is 10.3 Å². The highest BCUT2D eigenvalue weighted by atomic mass is 32.1. The van der Waals surface area contributed by atoms with E-state index in [1.807, 2.05) is 0 Å². The molecule has 6 heteroatoms. The Balaban J connectivity index is 2.10. The summed E-state index contributed by atoms with van der Waals surface area (Å²) >= 11 is 1.68. The zero-order valence-electron chi connectivity index (χ0n) is 11.1. The minimum atomic E-state index is 0.645. The van der Waals surface area contributed by atoms with E-state index in [9.17, 15) is 0 Å². The topological polar surface area (TPSA) is 52.6 Å². The molecule has 0 radical (unpaired) electrons. The van der Waals surface area contributed by atoms with Crippen molar-refractivity contribution in [2.75, 3.05) is 47.2 Å². The van der Waals surface area contributed by atoms with Crippen LogP contribution in [0.15, 0.2) is 5.38 Å². The van der Waals surface area contributed by atoms with Crippen LogP contribution in [0.4, 0.5) is 0 Å². The average Bonchev–Trinajstić information content (AvgIpc) is 2.82. The summed E-state index contributed by atoms with van der Waals surface area (Å²) in [7, 11) is 3.37. The van der Waals surface area contributed by atoms with Crippen LogP contribution in [-0.2, 0) is 27.2 Å². The van der Waals surface area contributed by atoms with Gasteiger partial charge in [-0.25, -0.2) is 4.98 Å². The number of rotatable bonds is 11. The summed E-state index contributed by atoms with van der Waals surface area (Å²) in [6.07, 6.45) is 0.868. The third-order valence-electron chi connectivity index (χ3n) is 2.28. The number of aromatic nitrogens is 1. The van der Waals surface area contributed by atoms with Crippen molar-refractivity contribution in [1.29, 1.82) is 0 Å².